The first kappa shape index (κ1) is 11.4. The fraction of sp³-hybridized carbons (Fsp3) is 1.00. The Balaban J connectivity index is 2.12. The topological polar surface area (TPSA) is 26.0 Å². The van der Waals surface area contributed by atoms with E-state index in [1.807, 2.05) is 0 Å². The first-order chi connectivity index (χ1) is 7.06. The second-order valence-electron chi connectivity index (χ2n) is 6.47. The van der Waals surface area contributed by atoms with Gasteiger partial charge in [-0.2, -0.15) is 0 Å². The normalized spacial score (nSPS) is 37.8. The first-order valence-corrected chi connectivity index (χ1v) is 6.85. The van der Waals surface area contributed by atoms with Crippen LogP contribution < -0.4 is 5.73 Å². The van der Waals surface area contributed by atoms with Crippen LogP contribution in [0.25, 0.3) is 0 Å². The van der Waals surface area contributed by atoms with Crippen molar-refractivity contribution in [3.63, 3.8) is 0 Å². The van der Waals surface area contributed by atoms with E-state index in [4.69, 9.17) is 5.73 Å². The van der Waals surface area contributed by atoms with Crippen LogP contribution in [0, 0.1) is 11.3 Å². The molecule has 2 N–H and O–H groups in total. The van der Waals surface area contributed by atoms with Crippen molar-refractivity contribution in [2.45, 2.75) is 77.2 Å². The van der Waals surface area contributed by atoms with Crippen molar-refractivity contribution in [2.24, 2.45) is 17.1 Å². The molecule has 0 spiro atoms. The molecule has 2 aliphatic rings. The zero-order chi connectivity index (χ0) is 10.9. The van der Waals surface area contributed by atoms with Gasteiger partial charge in [0.1, 0.15) is 0 Å². The van der Waals surface area contributed by atoms with E-state index >= 15 is 0 Å². The molecule has 0 saturated heterocycles. The molecule has 0 amide bonds. The molecule has 0 bridgehead atoms. The highest BCUT2D eigenvalue weighted by molar-refractivity contribution is 5.06. The van der Waals surface area contributed by atoms with Crippen molar-refractivity contribution in [1.29, 1.82) is 0 Å². The third-order valence-corrected chi connectivity index (χ3v) is 5.24. The van der Waals surface area contributed by atoms with Gasteiger partial charge < -0.3 is 5.73 Å². The molecular formula is C14H27N. The third-order valence-electron chi connectivity index (χ3n) is 5.24. The second-order valence-corrected chi connectivity index (χ2v) is 6.47. The minimum atomic E-state index is 0.150. The molecule has 0 radical (unpaired) electrons. The largest absolute Gasteiger partial charge is 0.324 e. The Kier molecular flexibility index (Phi) is 3.12. The Morgan fingerprint density at radius 2 is 1.47 bits per heavy atom. The lowest BCUT2D eigenvalue weighted by molar-refractivity contribution is 0.117. The fourth-order valence-corrected chi connectivity index (χ4v) is 3.95. The minimum absolute atomic E-state index is 0.150. The zero-order valence-electron chi connectivity index (χ0n) is 10.5. The summed E-state index contributed by atoms with van der Waals surface area (Å²) in [7, 11) is 0. The predicted molar refractivity (Wildman–Crippen MR) is 65.7 cm³/mol. The van der Waals surface area contributed by atoms with E-state index in [1.165, 1.54) is 57.8 Å². The molecule has 15 heavy (non-hydrogen) atoms. The van der Waals surface area contributed by atoms with Crippen LogP contribution in [0.15, 0.2) is 0 Å². The molecule has 2 rings (SSSR count). The molecule has 1 unspecified atom stereocenters. The second kappa shape index (κ2) is 4.08. The summed E-state index contributed by atoms with van der Waals surface area (Å²) >= 11 is 0. The summed E-state index contributed by atoms with van der Waals surface area (Å²) in [5, 5.41) is 0. The van der Waals surface area contributed by atoms with E-state index in [9.17, 15) is 0 Å². The van der Waals surface area contributed by atoms with Crippen molar-refractivity contribution in [3.05, 3.63) is 0 Å². The van der Waals surface area contributed by atoms with Crippen molar-refractivity contribution >= 4 is 0 Å². The van der Waals surface area contributed by atoms with Gasteiger partial charge in [0, 0.05) is 5.54 Å². The van der Waals surface area contributed by atoms with E-state index in [0.717, 1.165) is 5.92 Å². The van der Waals surface area contributed by atoms with Crippen LogP contribution in [0.2, 0.25) is 0 Å². The Labute approximate surface area is 94.8 Å². The van der Waals surface area contributed by atoms with Crippen LogP contribution in [0.5, 0.6) is 0 Å². The Hall–Kier alpha value is -0.0400. The van der Waals surface area contributed by atoms with Gasteiger partial charge in [0.15, 0.2) is 0 Å². The smallest absolute Gasteiger partial charge is 0.0234 e. The van der Waals surface area contributed by atoms with Crippen LogP contribution in [0.4, 0.5) is 0 Å². The highest BCUT2D eigenvalue weighted by Gasteiger charge is 2.49. The molecule has 1 nitrogen and oxygen atoms in total. The van der Waals surface area contributed by atoms with Gasteiger partial charge in [0.25, 0.3) is 0 Å². The molecule has 2 fully saturated rings. The minimum Gasteiger partial charge on any atom is -0.324 e. The van der Waals surface area contributed by atoms with Crippen LogP contribution in [-0.2, 0) is 0 Å². The summed E-state index contributed by atoms with van der Waals surface area (Å²) in [5.74, 6) is 0.803. The quantitative estimate of drug-likeness (QED) is 0.652. The maximum Gasteiger partial charge on any atom is 0.0234 e. The van der Waals surface area contributed by atoms with Crippen LogP contribution >= 0.6 is 0 Å². The fourth-order valence-electron chi connectivity index (χ4n) is 3.95. The van der Waals surface area contributed by atoms with Crippen LogP contribution in [0.1, 0.15) is 71.6 Å². The summed E-state index contributed by atoms with van der Waals surface area (Å²) < 4.78 is 0. The molecular weight excluding hydrogens is 182 g/mol. The van der Waals surface area contributed by atoms with Crippen molar-refractivity contribution < 1.29 is 0 Å². The van der Waals surface area contributed by atoms with Gasteiger partial charge in [-0.25, -0.2) is 0 Å². The summed E-state index contributed by atoms with van der Waals surface area (Å²) in [6, 6.07) is 0. The monoisotopic (exact) mass is 209 g/mol. The first-order valence-electron chi connectivity index (χ1n) is 6.85. The SMILES string of the molecule is CC1(C)CCCC1(N)C1CCCCCC1. The average molecular weight is 209 g/mol. The molecule has 0 heterocycles. The number of nitrogens with two attached hydrogens (primary N) is 1. The summed E-state index contributed by atoms with van der Waals surface area (Å²) in [4.78, 5) is 0. The van der Waals surface area contributed by atoms with Gasteiger partial charge in [0.2, 0.25) is 0 Å². The lowest BCUT2D eigenvalue weighted by Crippen LogP contribution is -2.54. The molecule has 0 aliphatic heterocycles. The molecule has 1 atom stereocenters. The Bertz CT molecular complexity index is 213. The van der Waals surface area contributed by atoms with Crippen LogP contribution in [0.3, 0.4) is 0 Å². The molecule has 2 aliphatic carbocycles. The summed E-state index contributed by atoms with van der Waals surface area (Å²) in [6.45, 7) is 4.79. The molecule has 1 heteroatoms. The van der Waals surface area contributed by atoms with E-state index in [1.54, 1.807) is 0 Å². The predicted octanol–water partition coefficient (Wildman–Crippen LogP) is 3.86. The Morgan fingerprint density at radius 3 is 1.93 bits per heavy atom. The maximum atomic E-state index is 6.78. The van der Waals surface area contributed by atoms with Crippen molar-refractivity contribution in [2.75, 3.05) is 0 Å². The van der Waals surface area contributed by atoms with E-state index in [2.05, 4.69) is 13.8 Å². The molecule has 0 aromatic heterocycles. The van der Waals surface area contributed by atoms with Gasteiger partial charge in [-0.15, -0.1) is 0 Å². The highest BCUT2D eigenvalue weighted by Crippen LogP contribution is 2.51. The lowest BCUT2D eigenvalue weighted by Gasteiger charge is -2.44. The van der Waals surface area contributed by atoms with E-state index in [-0.39, 0.29) is 5.54 Å². The lowest BCUT2D eigenvalue weighted by atomic mass is 9.66. The zero-order valence-corrected chi connectivity index (χ0v) is 10.5. The van der Waals surface area contributed by atoms with Gasteiger partial charge in [-0.1, -0.05) is 46.0 Å². The molecule has 2 saturated carbocycles. The van der Waals surface area contributed by atoms with Crippen molar-refractivity contribution in [1.82, 2.24) is 0 Å². The third kappa shape index (κ3) is 1.95. The van der Waals surface area contributed by atoms with Crippen molar-refractivity contribution in [3.8, 4) is 0 Å². The Morgan fingerprint density at radius 1 is 0.867 bits per heavy atom. The molecule has 0 aromatic rings. The number of hydrogen-bond acceptors (Lipinski definition) is 1. The highest BCUT2D eigenvalue weighted by atomic mass is 14.8. The molecule has 0 aromatic carbocycles. The number of rotatable bonds is 1. The van der Waals surface area contributed by atoms with Gasteiger partial charge in [-0.3, -0.25) is 0 Å². The summed E-state index contributed by atoms with van der Waals surface area (Å²) in [5.41, 5.74) is 7.31. The summed E-state index contributed by atoms with van der Waals surface area (Å²) in [6.07, 6.45) is 12.4. The molecule has 88 valence electrons. The van der Waals surface area contributed by atoms with Crippen LogP contribution in [-0.4, -0.2) is 5.54 Å². The standard InChI is InChI=1S/C14H27N/c1-13(2)10-7-11-14(13,15)12-8-5-3-4-6-9-12/h12H,3-11,15H2,1-2H3. The number of hydrogen-bond donors (Lipinski definition) is 1. The average Bonchev–Trinajstić information content (AvgIpc) is 2.45. The van der Waals surface area contributed by atoms with Gasteiger partial charge in [-0.05, 0) is 37.0 Å². The van der Waals surface area contributed by atoms with Gasteiger partial charge >= 0.3 is 0 Å². The maximum absolute atomic E-state index is 6.78. The van der Waals surface area contributed by atoms with Gasteiger partial charge in [0.05, 0.1) is 0 Å². The van der Waals surface area contributed by atoms with E-state index in [0.29, 0.717) is 5.41 Å². The van der Waals surface area contributed by atoms with E-state index < -0.39 is 0 Å².